The summed E-state index contributed by atoms with van der Waals surface area (Å²) in [5.74, 6) is -0.476. The van der Waals surface area contributed by atoms with Crippen LogP contribution < -0.4 is 20.7 Å². The maximum absolute atomic E-state index is 12.2. The summed E-state index contributed by atoms with van der Waals surface area (Å²) in [5.41, 5.74) is -1.31. The van der Waals surface area contributed by atoms with Crippen LogP contribution in [0, 0.1) is 0 Å². The monoisotopic (exact) mass is 342 g/mol. The Hall–Kier alpha value is -3.24. The first kappa shape index (κ1) is 15.6. The van der Waals surface area contributed by atoms with Crippen LogP contribution in [0.5, 0.6) is 17.5 Å². The highest BCUT2D eigenvalue weighted by atomic mass is 19.4. The van der Waals surface area contributed by atoms with Gasteiger partial charge in [-0.1, -0.05) is 6.07 Å². The molecule has 8 nitrogen and oxygen atoms in total. The fourth-order valence-corrected chi connectivity index (χ4v) is 1.94. The van der Waals surface area contributed by atoms with Crippen molar-refractivity contribution in [3.05, 3.63) is 45.1 Å². The van der Waals surface area contributed by atoms with Crippen LogP contribution >= 0.6 is 0 Å². The number of aromatic nitrogens is 4. The van der Waals surface area contributed by atoms with E-state index >= 15 is 0 Å². The van der Waals surface area contributed by atoms with Gasteiger partial charge in [0.1, 0.15) is 11.5 Å². The predicted molar refractivity (Wildman–Crippen MR) is 75.2 cm³/mol. The molecule has 3 aromatic rings. The third-order valence-electron chi connectivity index (χ3n) is 2.98. The molecule has 0 aliphatic carbocycles. The number of halogens is 3. The number of hydrogen-bond donors (Lipinski definition) is 2. The number of aromatic amines is 2. The van der Waals surface area contributed by atoms with E-state index in [-0.39, 0.29) is 22.9 Å². The second kappa shape index (κ2) is 5.44. The summed E-state index contributed by atoms with van der Waals surface area (Å²) in [6, 6.07) is 4.60. The molecule has 0 unspecified atom stereocenters. The molecule has 2 aromatic heterocycles. The zero-order valence-corrected chi connectivity index (χ0v) is 12.0. The molecule has 24 heavy (non-hydrogen) atoms. The first-order valence-electron chi connectivity index (χ1n) is 6.45. The number of nitrogens with zero attached hydrogens (tertiary/aromatic N) is 2. The Labute approximate surface area is 130 Å². The van der Waals surface area contributed by atoms with E-state index in [2.05, 4.69) is 19.7 Å². The second-order valence-electron chi connectivity index (χ2n) is 4.68. The standard InChI is InChI=1S/C13H9F3N4O4/c1-20-10(21)8-9(19-12(20)22)18-11(17-8)23-6-3-2-4-7(5-6)24-13(14,15)16/h2-5H,1H3,(H,17,18)(H,19,22). The number of rotatable bonds is 3. The van der Waals surface area contributed by atoms with Crippen molar-refractivity contribution in [3.63, 3.8) is 0 Å². The van der Waals surface area contributed by atoms with E-state index < -0.39 is 23.4 Å². The number of benzene rings is 1. The van der Waals surface area contributed by atoms with Gasteiger partial charge in [-0.25, -0.2) is 4.79 Å². The van der Waals surface area contributed by atoms with Crippen molar-refractivity contribution in [1.82, 2.24) is 19.5 Å². The number of nitrogens with one attached hydrogen (secondary N) is 2. The minimum Gasteiger partial charge on any atom is -0.425 e. The van der Waals surface area contributed by atoms with Gasteiger partial charge in [0.05, 0.1) is 0 Å². The summed E-state index contributed by atoms with van der Waals surface area (Å²) in [7, 11) is 1.28. The van der Waals surface area contributed by atoms with Crippen molar-refractivity contribution in [2.45, 2.75) is 6.36 Å². The Morgan fingerprint density at radius 2 is 1.88 bits per heavy atom. The molecular formula is C13H9F3N4O4. The van der Waals surface area contributed by atoms with E-state index in [1.165, 1.54) is 19.2 Å². The van der Waals surface area contributed by atoms with Crippen LogP contribution in [0.15, 0.2) is 33.9 Å². The summed E-state index contributed by atoms with van der Waals surface area (Å²) in [6.45, 7) is 0. The maximum Gasteiger partial charge on any atom is 0.573 e. The summed E-state index contributed by atoms with van der Waals surface area (Å²) in [5, 5.41) is 0. The van der Waals surface area contributed by atoms with Crippen LogP contribution in [0.4, 0.5) is 13.2 Å². The van der Waals surface area contributed by atoms with Gasteiger partial charge in [0.15, 0.2) is 11.2 Å². The molecule has 2 heterocycles. The molecular weight excluding hydrogens is 333 g/mol. The number of imidazole rings is 1. The highest BCUT2D eigenvalue weighted by molar-refractivity contribution is 5.69. The lowest BCUT2D eigenvalue weighted by Gasteiger charge is -2.09. The lowest BCUT2D eigenvalue weighted by Crippen LogP contribution is -2.32. The van der Waals surface area contributed by atoms with Crippen molar-refractivity contribution in [3.8, 4) is 17.5 Å². The Morgan fingerprint density at radius 3 is 2.58 bits per heavy atom. The lowest BCUT2D eigenvalue weighted by molar-refractivity contribution is -0.274. The van der Waals surface area contributed by atoms with E-state index in [1.54, 1.807) is 0 Å². The SMILES string of the molecule is Cn1c(=O)[nH]c2nc(Oc3cccc(OC(F)(F)F)c3)[nH]c2c1=O. The molecule has 0 spiro atoms. The quantitative estimate of drug-likeness (QED) is 0.753. The van der Waals surface area contributed by atoms with Crippen LogP contribution in [0.3, 0.4) is 0 Å². The van der Waals surface area contributed by atoms with Crippen molar-refractivity contribution in [2.75, 3.05) is 0 Å². The van der Waals surface area contributed by atoms with Crippen LogP contribution in [0.1, 0.15) is 0 Å². The molecule has 0 saturated carbocycles. The van der Waals surface area contributed by atoms with Crippen LogP contribution in [-0.2, 0) is 7.05 Å². The Balaban J connectivity index is 1.93. The zero-order valence-electron chi connectivity index (χ0n) is 12.0. The minimum absolute atomic E-state index is 0.00465. The molecule has 0 radical (unpaired) electrons. The summed E-state index contributed by atoms with van der Waals surface area (Å²) >= 11 is 0. The van der Waals surface area contributed by atoms with E-state index in [4.69, 9.17) is 4.74 Å². The highest BCUT2D eigenvalue weighted by Gasteiger charge is 2.31. The van der Waals surface area contributed by atoms with Crippen molar-refractivity contribution < 1.29 is 22.6 Å². The van der Waals surface area contributed by atoms with Crippen molar-refractivity contribution in [1.29, 1.82) is 0 Å². The molecule has 0 saturated heterocycles. The lowest BCUT2D eigenvalue weighted by atomic mass is 10.3. The maximum atomic E-state index is 12.2. The molecule has 2 N–H and O–H groups in total. The average molecular weight is 342 g/mol. The van der Waals surface area contributed by atoms with E-state index in [9.17, 15) is 22.8 Å². The summed E-state index contributed by atoms with van der Waals surface area (Å²) in [4.78, 5) is 32.2. The molecule has 0 fully saturated rings. The molecule has 3 rings (SSSR count). The van der Waals surface area contributed by atoms with Gasteiger partial charge in [-0.15, -0.1) is 13.2 Å². The van der Waals surface area contributed by atoms with Gasteiger partial charge in [0.25, 0.3) is 5.56 Å². The first-order chi connectivity index (χ1) is 11.2. The third-order valence-corrected chi connectivity index (χ3v) is 2.98. The minimum atomic E-state index is -4.83. The zero-order chi connectivity index (χ0) is 17.5. The van der Waals surface area contributed by atoms with Gasteiger partial charge in [0, 0.05) is 13.1 Å². The molecule has 11 heteroatoms. The van der Waals surface area contributed by atoms with Gasteiger partial charge in [-0.3, -0.25) is 14.3 Å². The average Bonchev–Trinajstić information content (AvgIpc) is 2.86. The first-order valence-corrected chi connectivity index (χ1v) is 6.45. The molecule has 0 amide bonds. The van der Waals surface area contributed by atoms with E-state index in [0.29, 0.717) is 0 Å². The topological polar surface area (TPSA) is 102 Å². The van der Waals surface area contributed by atoms with E-state index in [0.717, 1.165) is 16.7 Å². The number of ether oxygens (including phenoxy) is 2. The number of fused-ring (bicyclic) bond motifs is 1. The largest absolute Gasteiger partial charge is 0.573 e. The van der Waals surface area contributed by atoms with Gasteiger partial charge in [-0.05, 0) is 12.1 Å². The van der Waals surface area contributed by atoms with Crippen LogP contribution in [0.25, 0.3) is 11.2 Å². The Morgan fingerprint density at radius 1 is 1.17 bits per heavy atom. The molecule has 0 bridgehead atoms. The third kappa shape index (κ3) is 3.09. The molecule has 0 atom stereocenters. The molecule has 1 aromatic carbocycles. The highest BCUT2D eigenvalue weighted by Crippen LogP contribution is 2.28. The predicted octanol–water partition coefficient (Wildman–Crippen LogP) is 1.64. The normalized spacial score (nSPS) is 11.7. The molecule has 0 aliphatic heterocycles. The van der Waals surface area contributed by atoms with Gasteiger partial charge >= 0.3 is 18.1 Å². The van der Waals surface area contributed by atoms with Crippen LogP contribution in [0.2, 0.25) is 0 Å². The van der Waals surface area contributed by atoms with Gasteiger partial charge in [-0.2, -0.15) is 4.98 Å². The summed E-state index contributed by atoms with van der Waals surface area (Å²) < 4.78 is 46.5. The van der Waals surface area contributed by atoms with E-state index in [1.807, 2.05) is 0 Å². The van der Waals surface area contributed by atoms with Gasteiger partial charge < -0.3 is 14.5 Å². The van der Waals surface area contributed by atoms with Crippen LogP contribution in [-0.4, -0.2) is 25.9 Å². The number of H-pyrrole nitrogens is 2. The fourth-order valence-electron chi connectivity index (χ4n) is 1.94. The summed E-state index contributed by atoms with van der Waals surface area (Å²) in [6.07, 6.45) is -4.83. The fraction of sp³-hybridized carbons (Fsp3) is 0.154. The Kier molecular flexibility index (Phi) is 3.55. The number of hydrogen-bond acceptors (Lipinski definition) is 5. The van der Waals surface area contributed by atoms with Crippen molar-refractivity contribution in [2.24, 2.45) is 7.05 Å². The smallest absolute Gasteiger partial charge is 0.425 e. The van der Waals surface area contributed by atoms with Gasteiger partial charge in [0.2, 0.25) is 0 Å². The molecule has 126 valence electrons. The Bertz CT molecular complexity index is 1020. The van der Waals surface area contributed by atoms with Crippen molar-refractivity contribution >= 4 is 11.2 Å². The second-order valence-corrected chi connectivity index (χ2v) is 4.68. The molecule has 0 aliphatic rings. The number of alkyl halides is 3.